The highest BCUT2D eigenvalue weighted by atomic mass is 16.5. The first-order chi connectivity index (χ1) is 8.10. The van der Waals surface area contributed by atoms with Crippen LogP contribution in [-0.2, 0) is 14.3 Å². The molecule has 0 aromatic carbocycles. The van der Waals surface area contributed by atoms with E-state index in [9.17, 15) is 9.59 Å². The normalized spacial score (nSPS) is 16.4. The number of nitrogens with zero attached hydrogens (tertiary/aromatic N) is 1. The smallest absolute Gasteiger partial charge is 0.310 e. The highest BCUT2D eigenvalue weighted by Crippen LogP contribution is 2.31. The number of carbonyl (C=O) groups excluding carboxylic acids is 2. The number of methoxy groups -OCH3 is 1. The SMILES string of the molecule is CCCCN(CC(C)C(=O)OC)C(=O)C1CC1. The number of amides is 1. The third-order valence-electron chi connectivity index (χ3n) is 3.12. The lowest BCUT2D eigenvalue weighted by Crippen LogP contribution is -2.38. The second-order valence-electron chi connectivity index (χ2n) is 4.84. The minimum Gasteiger partial charge on any atom is -0.469 e. The molecule has 0 aromatic rings. The average molecular weight is 241 g/mol. The fraction of sp³-hybridized carbons (Fsp3) is 0.846. The molecule has 17 heavy (non-hydrogen) atoms. The number of rotatable bonds is 7. The summed E-state index contributed by atoms with van der Waals surface area (Å²) in [5, 5.41) is 0. The van der Waals surface area contributed by atoms with E-state index >= 15 is 0 Å². The van der Waals surface area contributed by atoms with Gasteiger partial charge in [-0.2, -0.15) is 0 Å². The van der Waals surface area contributed by atoms with Crippen molar-refractivity contribution in [2.24, 2.45) is 11.8 Å². The molecule has 1 amide bonds. The van der Waals surface area contributed by atoms with E-state index in [-0.39, 0.29) is 23.7 Å². The van der Waals surface area contributed by atoms with Crippen LogP contribution in [0.15, 0.2) is 0 Å². The van der Waals surface area contributed by atoms with Crippen molar-refractivity contribution < 1.29 is 14.3 Å². The summed E-state index contributed by atoms with van der Waals surface area (Å²) in [5.74, 6) is -0.0412. The van der Waals surface area contributed by atoms with Gasteiger partial charge in [0.25, 0.3) is 0 Å². The maximum absolute atomic E-state index is 12.0. The third-order valence-corrected chi connectivity index (χ3v) is 3.12. The fourth-order valence-corrected chi connectivity index (χ4v) is 1.84. The lowest BCUT2D eigenvalue weighted by molar-refractivity contribution is -0.146. The van der Waals surface area contributed by atoms with Gasteiger partial charge in [-0.25, -0.2) is 0 Å². The van der Waals surface area contributed by atoms with Crippen molar-refractivity contribution in [2.45, 2.75) is 39.5 Å². The van der Waals surface area contributed by atoms with Crippen LogP contribution in [0.2, 0.25) is 0 Å². The van der Waals surface area contributed by atoms with Crippen LogP contribution in [0, 0.1) is 11.8 Å². The van der Waals surface area contributed by atoms with Crippen molar-refractivity contribution in [3.63, 3.8) is 0 Å². The molecule has 98 valence electrons. The first-order valence-electron chi connectivity index (χ1n) is 6.46. The quantitative estimate of drug-likeness (QED) is 0.639. The summed E-state index contributed by atoms with van der Waals surface area (Å²) in [5.41, 5.74) is 0. The summed E-state index contributed by atoms with van der Waals surface area (Å²) in [6.45, 7) is 5.16. The Kier molecular flexibility index (Phi) is 5.45. The summed E-state index contributed by atoms with van der Waals surface area (Å²) >= 11 is 0. The third kappa shape index (κ3) is 4.36. The molecule has 0 saturated heterocycles. The van der Waals surface area contributed by atoms with E-state index in [0.29, 0.717) is 6.54 Å². The largest absolute Gasteiger partial charge is 0.469 e. The van der Waals surface area contributed by atoms with Gasteiger partial charge < -0.3 is 9.64 Å². The molecular formula is C13H23NO3. The van der Waals surface area contributed by atoms with Gasteiger partial charge >= 0.3 is 5.97 Å². The van der Waals surface area contributed by atoms with Gasteiger partial charge in [-0.3, -0.25) is 9.59 Å². The molecule has 0 N–H and O–H groups in total. The van der Waals surface area contributed by atoms with Crippen LogP contribution in [0.1, 0.15) is 39.5 Å². The van der Waals surface area contributed by atoms with E-state index in [1.807, 2.05) is 11.8 Å². The zero-order valence-corrected chi connectivity index (χ0v) is 11.1. The van der Waals surface area contributed by atoms with Crippen LogP contribution in [0.3, 0.4) is 0 Å². The van der Waals surface area contributed by atoms with Crippen LogP contribution in [0.25, 0.3) is 0 Å². The molecule has 0 aromatic heterocycles. The molecule has 4 nitrogen and oxygen atoms in total. The summed E-state index contributed by atoms with van der Waals surface area (Å²) < 4.78 is 4.70. The molecular weight excluding hydrogens is 218 g/mol. The predicted octanol–water partition coefficient (Wildman–Crippen LogP) is 1.83. The number of unbranched alkanes of at least 4 members (excludes halogenated alkanes) is 1. The molecule has 0 aliphatic heterocycles. The van der Waals surface area contributed by atoms with Crippen LogP contribution < -0.4 is 0 Å². The molecule has 0 spiro atoms. The van der Waals surface area contributed by atoms with Crippen LogP contribution in [0.5, 0.6) is 0 Å². The molecule has 1 fully saturated rings. The maximum Gasteiger partial charge on any atom is 0.310 e. The number of hydrogen-bond acceptors (Lipinski definition) is 3. The molecule has 0 radical (unpaired) electrons. The van der Waals surface area contributed by atoms with Gasteiger partial charge in [0, 0.05) is 19.0 Å². The van der Waals surface area contributed by atoms with Gasteiger partial charge in [0.1, 0.15) is 0 Å². The Morgan fingerprint density at radius 1 is 1.41 bits per heavy atom. The highest BCUT2D eigenvalue weighted by Gasteiger charge is 2.34. The van der Waals surface area contributed by atoms with E-state index in [1.165, 1.54) is 7.11 Å². The standard InChI is InChI=1S/C13H23NO3/c1-4-5-8-14(12(15)11-6-7-11)9-10(2)13(16)17-3/h10-11H,4-9H2,1-3H3. The van der Waals surface area contributed by atoms with E-state index < -0.39 is 0 Å². The number of hydrogen-bond donors (Lipinski definition) is 0. The van der Waals surface area contributed by atoms with Gasteiger partial charge in [0.05, 0.1) is 13.0 Å². The van der Waals surface area contributed by atoms with E-state index in [2.05, 4.69) is 6.92 Å². The van der Waals surface area contributed by atoms with Gasteiger partial charge in [0.2, 0.25) is 5.91 Å². The van der Waals surface area contributed by atoms with E-state index in [4.69, 9.17) is 4.74 Å². The van der Waals surface area contributed by atoms with Crippen molar-refractivity contribution >= 4 is 11.9 Å². The van der Waals surface area contributed by atoms with Crippen LogP contribution in [-0.4, -0.2) is 37.0 Å². The molecule has 1 unspecified atom stereocenters. The van der Waals surface area contributed by atoms with Crippen molar-refractivity contribution in [2.75, 3.05) is 20.2 Å². The summed E-state index contributed by atoms with van der Waals surface area (Å²) in [4.78, 5) is 25.2. The lowest BCUT2D eigenvalue weighted by atomic mass is 10.1. The maximum atomic E-state index is 12.0. The van der Waals surface area contributed by atoms with Gasteiger partial charge in [0.15, 0.2) is 0 Å². The molecule has 1 rings (SSSR count). The molecule has 1 aliphatic rings. The summed E-state index contributed by atoms with van der Waals surface area (Å²) in [6.07, 6.45) is 4.07. The van der Waals surface area contributed by atoms with Crippen LogP contribution in [0.4, 0.5) is 0 Å². The monoisotopic (exact) mass is 241 g/mol. The van der Waals surface area contributed by atoms with Crippen molar-refractivity contribution in [1.82, 2.24) is 4.90 Å². The predicted molar refractivity (Wildman–Crippen MR) is 65.4 cm³/mol. The van der Waals surface area contributed by atoms with Gasteiger partial charge in [-0.1, -0.05) is 20.3 Å². The molecule has 1 atom stereocenters. The Balaban J connectivity index is 2.49. The van der Waals surface area contributed by atoms with Gasteiger partial charge in [-0.15, -0.1) is 0 Å². The van der Waals surface area contributed by atoms with Crippen LogP contribution >= 0.6 is 0 Å². The Morgan fingerprint density at radius 2 is 2.06 bits per heavy atom. The Morgan fingerprint density at radius 3 is 2.53 bits per heavy atom. The van der Waals surface area contributed by atoms with Crippen molar-refractivity contribution in [3.05, 3.63) is 0 Å². The number of ether oxygens (including phenoxy) is 1. The number of carbonyl (C=O) groups is 2. The van der Waals surface area contributed by atoms with Crippen molar-refractivity contribution in [3.8, 4) is 0 Å². The second kappa shape index (κ2) is 6.62. The Bertz CT molecular complexity index is 274. The molecule has 4 heteroatoms. The Hall–Kier alpha value is -1.06. The molecule has 1 saturated carbocycles. The second-order valence-corrected chi connectivity index (χ2v) is 4.84. The van der Waals surface area contributed by atoms with Gasteiger partial charge in [-0.05, 0) is 19.3 Å². The van der Waals surface area contributed by atoms with E-state index in [1.54, 1.807) is 0 Å². The molecule has 0 bridgehead atoms. The first kappa shape index (κ1) is 14.0. The minimum absolute atomic E-state index is 0.217. The Labute approximate surface area is 103 Å². The lowest BCUT2D eigenvalue weighted by Gasteiger charge is -2.25. The highest BCUT2D eigenvalue weighted by molar-refractivity contribution is 5.82. The fourth-order valence-electron chi connectivity index (χ4n) is 1.84. The topological polar surface area (TPSA) is 46.6 Å². The summed E-state index contributed by atoms with van der Waals surface area (Å²) in [7, 11) is 1.39. The summed E-state index contributed by atoms with van der Waals surface area (Å²) in [6, 6.07) is 0. The number of esters is 1. The molecule has 0 heterocycles. The first-order valence-corrected chi connectivity index (χ1v) is 6.46. The zero-order valence-electron chi connectivity index (χ0n) is 11.1. The zero-order chi connectivity index (χ0) is 12.8. The minimum atomic E-state index is -0.241. The van der Waals surface area contributed by atoms with Crippen molar-refractivity contribution in [1.29, 1.82) is 0 Å². The van der Waals surface area contributed by atoms with E-state index in [0.717, 1.165) is 32.2 Å². The molecule has 1 aliphatic carbocycles. The average Bonchev–Trinajstić information content (AvgIpc) is 3.16.